The van der Waals surface area contributed by atoms with Gasteiger partial charge in [0, 0.05) is 21.8 Å². The highest BCUT2D eigenvalue weighted by molar-refractivity contribution is 6.21. The van der Waals surface area contributed by atoms with Gasteiger partial charge in [0.2, 0.25) is 7.98 Å². The first kappa shape index (κ1) is 10.2. The molecule has 0 bridgehead atoms. The van der Waals surface area contributed by atoms with Crippen LogP contribution in [0, 0.1) is 0 Å². The van der Waals surface area contributed by atoms with E-state index in [0.717, 1.165) is 0 Å². The monoisotopic (exact) mass is 219 g/mol. The Balaban J connectivity index is 2.44. The van der Waals surface area contributed by atoms with Crippen LogP contribution in [-0.2, 0) is 0 Å². The maximum absolute atomic E-state index is 2.26. The summed E-state index contributed by atoms with van der Waals surface area (Å²) >= 11 is 0. The van der Waals surface area contributed by atoms with Crippen LogP contribution in [0.1, 0.15) is 12.5 Å². The summed E-state index contributed by atoms with van der Waals surface area (Å²) in [6.07, 6.45) is 4.21. The molecule has 0 saturated carbocycles. The van der Waals surface area contributed by atoms with Crippen molar-refractivity contribution in [2.45, 2.75) is 6.92 Å². The minimum absolute atomic E-state index is 1.26. The predicted molar refractivity (Wildman–Crippen MR) is 78.1 cm³/mol. The molecule has 0 atom stereocenters. The van der Waals surface area contributed by atoms with E-state index >= 15 is 0 Å². The van der Waals surface area contributed by atoms with E-state index in [1.54, 1.807) is 0 Å². The Kier molecular flexibility index (Phi) is 2.29. The molecule has 0 unspecified atom stereocenters. The van der Waals surface area contributed by atoms with Gasteiger partial charge in [0.1, 0.15) is 0 Å². The van der Waals surface area contributed by atoms with E-state index in [2.05, 4.69) is 67.1 Å². The molecule has 0 fully saturated rings. The molecule has 0 N–H and O–H groups in total. The topological polar surface area (TPSA) is 4.93 Å². The number of hydrogen-bond donors (Lipinski definition) is 0. The fourth-order valence-electron chi connectivity index (χ4n) is 2.47. The van der Waals surface area contributed by atoms with Crippen molar-refractivity contribution >= 4 is 35.9 Å². The molecule has 3 aromatic rings. The quantitative estimate of drug-likeness (QED) is 0.554. The van der Waals surface area contributed by atoms with Crippen molar-refractivity contribution < 1.29 is 0 Å². The van der Waals surface area contributed by atoms with Crippen LogP contribution in [0.2, 0.25) is 0 Å². The number of benzene rings is 2. The van der Waals surface area contributed by atoms with Gasteiger partial charge in [-0.25, -0.2) is 0 Å². The highest BCUT2D eigenvalue weighted by Crippen LogP contribution is 2.28. The highest BCUT2D eigenvalue weighted by Gasteiger charge is 2.06. The molecule has 0 radical (unpaired) electrons. The molecule has 17 heavy (non-hydrogen) atoms. The van der Waals surface area contributed by atoms with Crippen LogP contribution < -0.4 is 0 Å². The van der Waals surface area contributed by atoms with Gasteiger partial charge >= 0.3 is 0 Å². The molecule has 0 aliphatic carbocycles. The Hall–Kier alpha value is -1.96. The minimum atomic E-state index is 1.26. The Labute approximate surface area is 102 Å². The summed E-state index contributed by atoms with van der Waals surface area (Å²) in [5, 5.41) is 2.66. The number of nitrogens with zero attached hydrogens (tertiary/aromatic N) is 1. The number of rotatable bonds is 1. The summed E-state index contributed by atoms with van der Waals surface area (Å²) in [5.41, 5.74) is 3.84. The number of hydrogen-bond acceptors (Lipinski definition) is 0. The summed E-state index contributed by atoms with van der Waals surface area (Å²) in [7, 11) is 2.13. The van der Waals surface area contributed by atoms with Crippen LogP contribution in [-0.4, -0.2) is 12.5 Å². The molecule has 0 amide bonds. The van der Waals surface area contributed by atoms with Crippen LogP contribution in [0.4, 0.5) is 0 Å². The summed E-state index contributed by atoms with van der Waals surface area (Å²) in [6.45, 7) is 2.05. The Morgan fingerprint density at radius 2 is 1.76 bits per heavy atom. The molecule has 0 spiro atoms. The first-order valence-electron chi connectivity index (χ1n) is 5.91. The average Bonchev–Trinajstić information content (AvgIpc) is 2.65. The second kappa shape index (κ2) is 3.81. The lowest BCUT2D eigenvalue weighted by Crippen LogP contribution is -1.89. The van der Waals surface area contributed by atoms with Crippen LogP contribution in [0.25, 0.3) is 27.9 Å². The Morgan fingerprint density at radius 3 is 2.59 bits per heavy atom. The molecule has 2 aromatic carbocycles. The molecule has 0 aliphatic rings. The lowest BCUT2D eigenvalue weighted by Gasteiger charge is -1.99. The lowest BCUT2D eigenvalue weighted by molar-refractivity contribution is 1.39. The van der Waals surface area contributed by atoms with E-state index in [1.807, 2.05) is 6.92 Å². The molecular formula is C15H14BN. The second-order valence-corrected chi connectivity index (χ2v) is 4.35. The normalized spacial score (nSPS) is 11.8. The summed E-state index contributed by atoms with van der Waals surface area (Å²) in [4.78, 5) is 0. The van der Waals surface area contributed by atoms with E-state index in [-0.39, 0.29) is 0 Å². The first-order chi connectivity index (χ1) is 8.31. The van der Waals surface area contributed by atoms with Crippen molar-refractivity contribution in [3.8, 4) is 0 Å². The molecule has 3 rings (SSSR count). The van der Waals surface area contributed by atoms with Crippen LogP contribution in [0.15, 0.2) is 48.5 Å². The van der Waals surface area contributed by atoms with Crippen molar-refractivity contribution in [1.29, 1.82) is 0 Å². The van der Waals surface area contributed by atoms with Gasteiger partial charge in [-0.3, -0.25) is 0 Å². The number of aromatic nitrogens is 1. The van der Waals surface area contributed by atoms with Crippen LogP contribution >= 0.6 is 0 Å². The van der Waals surface area contributed by atoms with Crippen molar-refractivity contribution in [2.24, 2.45) is 0 Å². The Morgan fingerprint density at radius 1 is 1.00 bits per heavy atom. The van der Waals surface area contributed by atoms with E-state index in [4.69, 9.17) is 0 Å². The van der Waals surface area contributed by atoms with Crippen molar-refractivity contribution in [1.82, 2.24) is 4.48 Å². The zero-order chi connectivity index (χ0) is 11.8. The predicted octanol–water partition coefficient (Wildman–Crippen LogP) is 3.22. The van der Waals surface area contributed by atoms with Gasteiger partial charge < -0.3 is 4.48 Å². The van der Waals surface area contributed by atoms with Crippen LogP contribution in [0.5, 0.6) is 0 Å². The third-order valence-electron chi connectivity index (χ3n) is 3.30. The van der Waals surface area contributed by atoms with Gasteiger partial charge in [-0.2, -0.15) is 0 Å². The molecular weight excluding hydrogens is 205 g/mol. The molecule has 0 saturated heterocycles. The van der Waals surface area contributed by atoms with E-state index in [1.165, 1.54) is 27.4 Å². The first-order valence-corrected chi connectivity index (χ1v) is 5.91. The van der Waals surface area contributed by atoms with Crippen molar-refractivity contribution in [3.63, 3.8) is 0 Å². The SMILES string of the molecule is Bn1c2ccccc2c2ccc(/C=C/C)cc21. The number of para-hydroxylation sites is 1. The van der Waals surface area contributed by atoms with Gasteiger partial charge in [0.25, 0.3) is 0 Å². The molecule has 82 valence electrons. The smallest absolute Gasteiger partial charge is 0.223 e. The molecule has 2 heteroatoms. The largest absolute Gasteiger partial charge is 0.393 e. The van der Waals surface area contributed by atoms with Gasteiger partial charge in [-0.1, -0.05) is 42.5 Å². The van der Waals surface area contributed by atoms with E-state index in [0.29, 0.717) is 0 Å². The maximum atomic E-state index is 2.26. The summed E-state index contributed by atoms with van der Waals surface area (Å²) in [5.74, 6) is 0. The van der Waals surface area contributed by atoms with Gasteiger partial charge in [-0.05, 0) is 24.6 Å². The number of fused-ring (bicyclic) bond motifs is 3. The van der Waals surface area contributed by atoms with E-state index < -0.39 is 0 Å². The summed E-state index contributed by atoms with van der Waals surface area (Å²) in [6, 6.07) is 15.2. The summed E-state index contributed by atoms with van der Waals surface area (Å²) < 4.78 is 2.26. The molecule has 0 aliphatic heterocycles. The molecule has 1 aromatic heterocycles. The standard InChI is InChI=1S/C15H14BN/c1-2-5-11-8-9-13-12-6-3-4-7-14(12)17(16)15(13)10-11/h2-10H,16H2,1H3/b5-2+. The zero-order valence-corrected chi connectivity index (χ0v) is 10.1. The zero-order valence-electron chi connectivity index (χ0n) is 10.1. The highest BCUT2D eigenvalue weighted by atomic mass is 14.9. The second-order valence-electron chi connectivity index (χ2n) is 4.35. The fourth-order valence-corrected chi connectivity index (χ4v) is 2.47. The third-order valence-corrected chi connectivity index (χ3v) is 3.30. The van der Waals surface area contributed by atoms with Crippen molar-refractivity contribution in [2.75, 3.05) is 0 Å². The van der Waals surface area contributed by atoms with E-state index in [9.17, 15) is 0 Å². The van der Waals surface area contributed by atoms with Gasteiger partial charge in [-0.15, -0.1) is 0 Å². The third kappa shape index (κ3) is 1.48. The van der Waals surface area contributed by atoms with Crippen LogP contribution in [0.3, 0.4) is 0 Å². The fraction of sp³-hybridized carbons (Fsp3) is 0.0667. The average molecular weight is 219 g/mol. The van der Waals surface area contributed by atoms with Gasteiger partial charge in [0.05, 0.1) is 0 Å². The minimum Gasteiger partial charge on any atom is -0.393 e. The van der Waals surface area contributed by atoms with Gasteiger partial charge in [0.15, 0.2) is 0 Å². The van der Waals surface area contributed by atoms with Crippen molar-refractivity contribution in [3.05, 3.63) is 54.1 Å². The number of allylic oxidation sites excluding steroid dienone is 1. The maximum Gasteiger partial charge on any atom is 0.223 e. The molecule has 1 nitrogen and oxygen atoms in total. The lowest BCUT2D eigenvalue weighted by atomic mass is 10.1. The molecule has 1 heterocycles. The Bertz CT molecular complexity index is 722.